The molecule has 2 N–H and O–H groups in total. The van der Waals surface area contributed by atoms with Gasteiger partial charge in [-0.05, 0) is 30.7 Å². The Hall–Kier alpha value is -2.17. The molecule has 0 fully saturated rings. The third-order valence-electron chi connectivity index (χ3n) is 2.89. The number of hydrogen-bond donors (Lipinski definition) is 1. The maximum atomic E-state index is 14.1. The molecular weight excluding hydrogens is 245 g/mol. The first-order valence-corrected chi connectivity index (χ1v) is 5.94. The maximum absolute atomic E-state index is 14.1. The summed E-state index contributed by atoms with van der Waals surface area (Å²) in [7, 11) is 3.76. The molecule has 1 heterocycles. The molecule has 0 aliphatic rings. The number of primary amides is 1. The molecule has 19 heavy (non-hydrogen) atoms. The zero-order valence-electron chi connectivity index (χ0n) is 11.2. The molecule has 0 atom stereocenters. The Morgan fingerprint density at radius 2 is 2.05 bits per heavy atom. The zero-order valence-corrected chi connectivity index (χ0v) is 11.2. The quantitative estimate of drug-likeness (QED) is 0.916. The highest BCUT2D eigenvalue weighted by molar-refractivity contribution is 5.93. The number of anilines is 1. The van der Waals surface area contributed by atoms with Crippen molar-refractivity contribution < 1.29 is 9.18 Å². The van der Waals surface area contributed by atoms with Crippen LogP contribution in [0.5, 0.6) is 0 Å². The molecule has 1 aromatic heterocycles. The van der Waals surface area contributed by atoms with Crippen molar-refractivity contribution in [2.24, 2.45) is 5.73 Å². The number of pyridine rings is 1. The first-order chi connectivity index (χ1) is 8.88. The van der Waals surface area contributed by atoms with Crippen molar-refractivity contribution in [1.29, 1.82) is 0 Å². The summed E-state index contributed by atoms with van der Waals surface area (Å²) in [6.45, 7) is 1.82. The van der Waals surface area contributed by atoms with Crippen LogP contribution in [-0.4, -0.2) is 25.0 Å². The first-order valence-electron chi connectivity index (χ1n) is 5.94. The summed E-state index contributed by atoms with van der Waals surface area (Å²) in [5, 5.41) is 0.687. The minimum atomic E-state index is -0.481. The molecule has 2 rings (SSSR count). The van der Waals surface area contributed by atoms with Gasteiger partial charge in [0.25, 0.3) is 0 Å². The van der Waals surface area contributed by atoms with Crippen LogP contribution in [0.15, 0.2) is 18.2 Å². The number of aryl methyl sites for hydroxylation is 1. The Kier molecular flexibility index (Phi) is 3.38. The second-order valence-corrected chi connectivity index (χ2v) is 4.79. The second kappa shape index (κ2) is 4.84. The van der Waals surface area contributed by atoms with Gasteiger partial charge in [0.05, 0.1) is 6.42 Å². The summed E-state index contributed by atoms with van der Waals surface area (Å²) >= 11 is 0. The van der Waals surface area contributed by atoms with Crippen LogP contribution in [0.2, 0.25) is 0 Å². The lowest BCUT2D eigenvalue weighted by Gasteiger charge is -2.17. The molecule has 0 saturated carbocycles. The molecule has 0 radical (unpaired) electrons. The molecule has 0 spiro atoms. The molecular formula is C14H16FN3O. The van der Waals surface area contributed by atoms with Gasteiger partial charge in [0.15, 0.2) is 0 Å². The normalized spacial score (nSPS) is 10.7. The summed E-state index contributed by atoms with van der Waals surface area (Å²) in [6, 6.07) is 4.97. The highest BCUT2D eigenvalue weighted by atomic mass is 19.1. The van der Waals surface area contributed by atoms with E-state index in [0.29, 0.717) is 16.5 Å². The molecule has 2 aromatic rings. The fourth-order valence-electron chi connectivity index (χ4n) is 2.12. The van der Waals surface area contributed by atoms with E-state index in [-0.39, 0.29) is 6.42 Å². The smallest absolute Gasteiger partial charge is 0.221 e. The lowest BCUT2D eigenvalue weighted by molar-refractivity contribution is -0.117. The standard InChI is InChI=1S/C14H16FN3O/c1-8-4-12(18(2)3)10-5-9(7-13(16)19)6-11(15)14(10)17-8/h4-6H,7H2,1-3H3,(H2,16,19). The highest BCUT2D eigenvalue weighted by Gasteiger charge is 2.12. The number of hydrogen-bond acceptors (Lipinski definition) is 3. The molecule has 1 aromatic carbocycles. The van der Waals surface area contributed by atoms with Crippen molar-refractivity contribution in [2.45, 2.75) is 13.3 Å². The van der Waals surface area contributed by atoms with E-state index in [1.54, 1.807) is 6.07 Å². The summed E-state index contributed by atoms with van der Waals surface area (Å²) in [6.07, 6.45) is 0.0214. The lowest BCUT2D eigenvalue weighted by Crippen LogP contribution is -2.14. The van der Waals surface area contributed by atoms with Crippen molar-refractivity contribution in [1.82, 2.24) is 4.98 Å². The van der Waals surface area contributed by atoms with Crippen LogP contribution in [0, 0.1) is 12.7 Å². The van der Waals surface area contributed by atoms with E-state index in [2.05, 4.69) is 4.98 Å². The van der Waals surface area contributed by atoms with Gasteiger partial charge >= 0.3 is 0 Å². The van der Waals surface area contributed by atoms with E-state index in [9.17, 15) is 9.18 Å². The molecule has 5 heteroatoms. The second-order valence-electron chi connectivity index (χ2n) is 4.79. The van der Waals surface area contributed by atoms with Crippen LogP contribution in [0.3, 0.4) is 0 Å². The van der Waals surface area contributed by atoms with Crippen LogP contribution in [-0.2, 0) is 11.2 Å². The van der Waals surface area contributed by atoms with E-state index >= 15 is 0 Å². The van der Waals surface area contributed by atoms with E-state index in [4.69, 9.17) is 5.73 Å². The number of rotatable bonds is 3. The number of amides is 1. The predicted molar refractivity (Wildman–Crippen MR) is 73.7 cm³/mol. The largest absolute Gasteiger partial charge is 0.377 e. The van der Waals surface area contributed by atoms with Crippen LogP contribution in [0.4, 0.5) is 10.1 Å². The molecule has 0 saturated heterocycles. The summed E-state index contributed by atoms with van der Waals surface area (Å²) in [5.41, 5.74) is 7.65. The van der Waals surface area contributed by atoms with Crippen molar-refractivity contribution in [3.8, 4) is 0 Å². The Morgan fingerprint density at radius 3 is 2.63 bits per heavy atom. The van der Waals surface area contributed by atoms with Gasteiger partial charge in [-0.1, -0.05) is 0 Å². The number of nitrogens with two attached hydrogens (primary N) is 1. The molecule has 0 aliphatic heterocycles. The van der Waals surface area contributed by atoms with Gasteiger partial charge in [0.1, 0.15) is 11.3 Å². The van der Waals surface area contributed by atoms with Crippen LogP contribution >= 0.6 is 0 Å². The topological polar surface area (TPSA) is 59.2 Å². The zero-order chi connectivity index (χ0) is 14.2. The van der Waals surface area contributed by atoms with Gasteiger partial charge < -0.3 is 10.6 Å². The van der Waals surface area contributed by atoms with Crippen LogP contribution in [0.1, 0.15) is 11.3 Å². The molecule has 100 valence electrons. The van der Waals surface area contributed by atoms with Gasteiger partial charge in [-0.15, -0.1) is 0 Å². The average molecular weight is 261 g/mol. The van der Waals surface area contributed by atoms with E-state index in [0.717, 1.165) is 11.4 Å². The van der Waals surface area contributed by atoms with Crippen molar-refractivity contribution >= 4 is 22.5 Å². The van der Waals surface area contributed by atoms with E-state index in [1.165, 1.54) is 6.07 Å². The van der Waals surface area contributed by atoms with Gasteiger partial charge in [0.2, 0.25) is 5.91 Å². The predicted octanol–water partition coefficient (Wildman–Crippen LogP) is 1.78. The number of benzene rings is 1. The average Bonchev–Trinajstić information content (AvgIpc) is 2.28. The van der Waals surface area contributed by atoms with Gasteiger partial charge in [-0.3, -0.25) is 4.79 Å². The highest BCUT2D eigenvalue weighted by Crippen LogP contribution is 2.28. The van der Waals surface area contributed by atoms with E-state index in [1.807, 2.05) is 32.0 Å². The lowest BCUT2D eigenvalue weighted by atomic mass is 10.1. The third kappa shape index (κ3) is 2.65. The molecule has 0 unspecified atom stereocenters. The van der Waals surface area contributed by atoms with Crippen molar-refractivity contribution in [2.75, 3.05) is 19.0 Å². The van der Waals surface area contributed by atoms with Crippen molar-refractivity contribution in [3.63, 3.8) is 0 Å². The summed E-state index contributed by atoms with van der Waals surface area (Å²) < 4.78 is 14.1. The third-order valence-corrected chi connectivity index (χ3v) is 2.89. The van der Waals surface area contributed by atoms with Crippen LogP contribution < -0.4 is 10.6 Å². The summed E-state index contributed by atoms with van der Waals surface area (Å²) in [4.78, 5) is 17.1. The fourth-order valence-corrected chi connectivity index (χ4v) is 2.12. The molecule has 1 amide bonds. The number of aromatic nitrogens is 1. The SMILES string of the molecule is Cc1cc(N(C)C)c2cc(CC(N)=O)cc(F)c2n1. The molecule has 0 aliphatic carbocycles. The number of carbonyl (C=O) groups is 1. The molecule has 0 bridgehead atoms. The number of fused-ring (bicyclic) bond motifs is 1. The molecule has 4 nitrogen and oxygen atoms in total. The number of nitrogens with zero attached hydrogens (tertiary/aromatic N) is 2. The van der Waals surface area contributed by atoms with Crippen molar-refractivity contribution in [3.05, 3.63) is 35.3 Å². The van der Waals surface area contributed by atoms with E-state index < -0.39 is 11.7 Å². The minimum absolute atomic E-state index is 0.0214. The Balaban J connectivity index is 2.73. The van der Waals surface area contributed by atoms with Gasteiger partial charge in [-0.25, -0.2) is 9.37 Å². The number of halogens is 1. The Labute approximate surface area is 111 Å². The maximum Gasteiger partial charge on any atom is 0.221 e. The van der Waals surface area contributed by atoms with Gasteiger partial charge in [0, 0.05) is 30.9 Å². The monoisotopic (exact) mass is 261 g/mol. The minimum Gasteiger partial charge on any atom is -0.377 e. The van der Waals surface area contributed by atoms with Gasteiger partial charge in [-0.2, -0.15) is 0 Å². The Bertz CT molecular complexity index is 653. The Morgan fingerprint density at radius 1 is 1.37 bits per heavy atom. The first kappa shape index (κ1) is 13.3. The van der Waals surface area contributed by atoms with Crippen LogP contribution in [0.25, 0.3) is 10.9 Å². The summed E-state index contributed by atoms with van der Waals surface area (Å²) in [5.74, 6) is -0.911. The number of carbonyl (C=O) groups excluding carboxylic acids is 1. The fraction of sp³-hybridized carbons (Fsp3) is 0.286.